The smallest absolute Gasteiger partial charge is 0.273 e. The highest BCUT2D eigenvalue weighted by molar-refractivity contribution is 7.98. The maximum Gasteiger partial charge on any atom is 0.273 e. The zero-order valence-corrected chi connectivity index (χ0v) is 15.8. The third-order valence-electron chi connectivity index (χ3n) is 3.78. The molecule has 1 heterocycles. The summed E-state index contributed by atoms with van der Waals surface area (Å²) < 4.78 is 2.19. The van der Waals surface area contributed by atoms with E-state index in [1.54, 1.807) is 23.9 Å². The van der Waals surface area contributed by atoms with Crippen LogP contribution in [0.25, 0.3) is 0 Å². The van der Waals surface area contributed by atoms with Crippen LogP contribution in [0.4, 0.5) is 5.69 Å². The van der Waals surface area contributed by atoms with E-state index in [0.717, 1.165) is 36.9 Å². The zero-order valence-electron chi connectivity index (χ0n) is 14.9. The van der Waals surface area contributed by atoms with Gasteiger partial charge in [0.25, 0.3) is 5.69 Å². The molecule has 8 heteroatoms. The Kier molecular flexibility index (Phi) is 7.39. The van der Waals surface area contributed by atoms with Gasteiger partial charge < -0.3 is 9.88 Å². The summed E-state index contributed by atoms with van der Waals surface area (Å²) in [6.45, 7) is 6.55. The van der Waals surface area contributed by atoms with Gasteiger partial charge in [-0.25, -0.2) is 0 Å². The fourth-order valence-corrected chi connectivity index (χ4v) is 3.16. The number of hydrogen-bond acceptors (Lipinski definition) is 6. The molecule has 0 spiro atoms. The van der Waals surface area contributed by atoms with Gasteiger partial charge in [0.05, 0.1) is 4.92 Å². The molecule has 0 aliphatic carbocycles. The highest BCUT2D eigenvalue weighted by Crippen LogP contribution is 2.18. The standard InChI is InChI=1S/C17H25N5O2S/c1-13(2)12-21-16(19-20-17(21)25-3)9-6-10-18-11-14-7-4-5-8-15(14)22(23)24/h4-5,7-8,13,18H,6,9-12H2,1-3H3. The molecular formula is C17H25N5O2S. The average Bonchev–Trinajstić information content (AvgIpc) is 2.96. The monoisotopic (exact) mass is 363 g/mol. The van der Waals surface area contributed by atoms with Gasteiger partial charge in [-0.1, -0.05) is 43.8 Å². The third-order valence-corrected chi connectivity index (χ3v) is 4.45. The maximum atomic E-state index is 11.0. The molecule has 1 N–H and O–H groups in total. The predicted molar refractivity (Wildman–Crippen MR) is 99.8 cm³/mol. The molecule has 7 nitrogen and oxygen atoms in total. The Labute approximate surface area is 152 Å². The zero-order chi connectivity index (χ0) is 18.2. The fraction of sp³-hybridized carbons (Fsp3) is 0.529. The van der Waals surface area contributed by atoms with Crippen LogP contribution in [0.1, 0.15) is 31.7 Å². The number of nitrogens with one attached hydrogen (secondary N) is 1. The van der Waals surface area contributed by atoms with Crippen LogP contribution < -0.4 is 5.32 Å². The molecule has 0 saturated carbocycles. The second-order valence-corrected chi connectivity index (χ2v) is 7.05. The second-order valence-electron chi connectivity index (χ2n) is 6.27. The third kappa shape index (κ3) is 5.54. The van der Waals surface area contributed by atoms with E-state index in [2.05, 4.69) is 33.9 Å². The molecule has 0 saturated heterocycles. The van der Waals surface area contributed by atoms with E-state index < -0.39 is 0 Å². The Morgan fingerprint density at radius 2 is 2.08 bits per heavy atom. The molecule has 1 aromatic carbocycles. The first-order valence-corrected chi connectivity index (χ1v) is 9.64. The molecule has 136 valence electrons. The van der Waals surface area contributed by atoms with Crippen molar-refractivity contribution < 1.29 is 4.92 Å². The molecule has 0 aliphatic rings. The minimum absolute atomic E-state index is 0.163. The Hall–Kier alpha value is -1.93. The van der Waals surface area contributed by atoms with E-state index in [9.17, 15) is 10.1 Å². The molecule has 0 atom stereocenters. The van der Waals surface area contributed by atoms with E-state index in [4.69, 9.17) is 0 Å². The Morgan fingerprint density at radius 3 is 2.76 bits per heavy atom. The van der Waals surface area contributed by atoms with Gasteiger partial charge in [-0.05, 0) is 25.1 Å². The van der Waals surface area contributed by atoms with Crippen molar-refractivity contribution in [1.82, 2.24) is 20.1 Å². The molecular weight excluding hydrogens is 338 g/mol. The number of aromatic nitrogens is 3. The maximum absolute atomic E-state index is 11.0. The Balaban J connectivity index is 1.84. The lowest BCUT2D eigenvalue weighted by Gasteiger charge is -2.11. The number of nitro groups is 1. The van der Waals surface area contributed by atoms with Crippen LogP contribution in [-0.2, 0) is 19.5 Å². The minimum atomic E-state index is -0.338. The summed E-state index contributed by atoms with van der Waals surface area (Å²) in [6.07, 6.45) is 3.76. The summed E-state index contributed by atoms with van der Waals surface area (Å²) in [4.78, 5) is 10.7. The van der Waals surface area contributed by atoms with Crippen molar-refractivity contribution in [3.05, 3.63) is 45.8 Å². The van der Waals surface area contributed by atoms with E-state index in [1.807, 2.05) is 12.3 Å². The first-order chi connectivity index (χ1) is 12.0. The Morgan fingerprint density at radius 1 is 1.32 bits per heavy atom. The summed E-state index contributed by atoms with van der Waals surface area (Å²) in [5.74, 6) is 1.54. The van der Waals surface area contributed by atoms with Gasteiger partial charge in [0, 0.05) is 31.1 Å². The molecule has 2 aromatic rings. The van der Waals surface area contributed by atoms with Gasteiger partial charge in [-0.3, -0.25) is 10.1 Å². The normalized spacial score (nSPS) is 11.2. The first-order valence-electron chi connectivity index (χ1n) is 8.42. The van der Waals surface area contributed by atoms with Crippen molar-refractivity contribution in [2.45, 2.75) is 44.9 Å². The molecule has 25 heavy (non-hydrogen) atoms. The van der Waals surface area contributed by atoms with Crippen molar-refractivity contribution in [2.24, 2.45) is 5.92 Å². The number of rotatable bonds is 10. The number of nitro benzene ring substituents is 1. The van der Waals surface area contributed by atoms with E-state index in [0.29, 0.717) is 18.0 Å². The molecule has 0 radical (unpaired) electrons. The SMILES string of the molecule is CSc1nnc(CCCNCc2ccccc2[N+](=O)[O-])n1CC(C)C. The average molecular weight is 363 g/mol. The molecule has 0 amide bonds. The second kappa shape index (κ2) is 9.53. The lowest BCUT2D eigenvalue weighted by atomic mass is 10.2. The van der Waals surface area contributed by atoms with E-state index >= 15 is 0 Å². The van der Waals surface area contributed by atoms with Crippen LogP contribution in [0, 0.1) is 16.0 Å². The van der Waals surface area contributed by atoms with Gasteiger partial charge in [0.2, 0.25) is 0 Å². The lowest BCUT2D eigenvalue weighted by Crippen LogP contribution is -2.17. The predicted octanol–water partition coefficient (Wildman–Crippen LogP) is 3.29. The number of benzene rings is 1. The summed E-state index contributed by atoms with van der Waals surface area (Å²) in [5.41, 5.74) is 0.872. The van der Waals surface area contributed by atoms with Crippen LogP contribution in [0.15, 0.2) is 29.4 Å². The van der Waals surface area contributed by atoms with Crippen LogP contribution in [0.2, 0.25) is 0 Å². The van der Waals surface area contributed by atoms with Crippen molar-refractivity contribution in [3.8, 4) is 0 Å². The van der Waals surface area contributed by atoms with Crippen LogP contribution >= 0.6 is 11.8 Å². The summed E-state index contributed by atoms with van der Waals surface area (Å²) >= 11 is 1.61. The topological polar surface area (TPSA) is 85.9 Å². The van der Waals surface area contributed by atoms with Crippen LogP contribution in [0.3, 0.4) is 0 Å². The van der Waals surface area contributed by atoms with E-state index in [1.165, 1.54) is 6.07 Å². The highest BCUT2D eigenvalue weighted by atomic mass is 32.2. The number of nitrogens with zero attached hydrogens (tertiary/aromatic N) is 4. The minimum Gasteiger partial charge on any atom is -0.312 e. The van der Waals surface area contributed by atoms with Crippen molar-refractivity contribution in [1.29, 1.82) is 0 Å². The lowest BCUT2D eigenvalue weighted by molar-refractivity contribution is -0.385. The molecule has 2 rings (SSSR count). The molecule has 0 aliphatic heterocycles. The van der Waals surface area contributed by atoms with Crippen molar-refractivity contribution >= 4 is 17.4 Å². The van der Waals surface area contributed by atoms with Gasteiger partial charge in [0.15, 0.2) is 5.16 Å². The quantitative estimate of drug-likeness (QED) is 0.302. The van der Waals surface area contributed by atoms with Gasteiger partial charge >= 0.3 is 0 Å². The van der Waals surface area contributed by atoms with Crippen molar-refractivity contribution in [2.75, 3.05) is 12.8 Å². The summed E-state index contributed by atoms with van der Waals surface area (Å²) in [6, 6.07) is 6.83. The largest absolute Gasteiger partial charge is 0.312 e. The van der Waals surface area contributed by atoms with Gasteiger partial charge in [-0.15, -0.1) is 10.2 Å². The molecule has 1 aromatic heterocycles. The molecule has 0 bridgehead atoms. The fourth-order valence-electron chi connectivity index (χ4n) is 2.64. The van der Waals surface area contributed by atoms with Crippen LogP contribution in [0.5, 0.6) is 0 Å². The molecule has 0 fully saturated rings. The summed E-state index contributed by atoms with van der Waals surface area (Å²) in [5, 5.41) is 23.8. The molecule has 0 unspecified atom stereocenters. The highest BCUT2D eigenvalue weighted by Gasteiger charge is 2.13. The number of hydrogen-bond donors (Lipinski definition) is 1. The first kappa shape index (κ1) is 19.4. The summed E-state index contributed by atoms with van der Waals surface area (Å²) in [7, 11) is 0. The van der Waals surface area contributed by atoms with Gasteiger partial charge in [-0.2, -0.15) is 0 Å². The van der Waals surface area contributed by atoms with Crippen LogP contribution in [-0.4, -0.2) is 32.5 Å². The number of para-hydroxylation sites is 1. The number of aryl methyl sites for hydroxylation is 1. The van der Waals surface area contributed by atoms with Gasteiger partial charge in [0.1, 0.15) is 5.82 Å². The Bertz CT molecular complexity index is 702. The van der Waals surface area contributed by atoms with Crippen molar-refractivity contribution in [3.63, 3.8) is 0 Å². The van der Waals surface area contributed by atoms with E-state index in [-0.39, 0.29) is 10.6 Å². The number of thioether (sulfide) groups is 1.